The van der Waals surface area contributed by atoms with Gasteiger partial charge in [0, 0.05) is 49.6 Å². The van der Waals surface area contributed by atoms with Gasteiger partial charge in [-0.1, -0.05) is 232 Å². The molecule has 0 radical (unpaired) electrons. The standard InChI is InChI=1S/C90H57NO2/c1-52-21-7-8-24-58(52)68-50-79-83(86-66-30-14-20-36-81(66)93-87(68)86)64-44-42-56(47-75(64)88(79,2)3)91(55-39-37-54(38-40-55)53-22-5-4-6-23-53)57-41-43-63-67-49-78-69(51-77(67)90(76(63)48-57)72-33-17-11-27-61(72)62-28-12-18-34-73(62)90)84-74(45-46-82-85(84)65-29-13-19-35-80(65)92-82)89(78)70-31-15-9-25-59(70)60-26-10-16-32-71(60)89/h4-51H,1-3H3. The van der Waals surface area contributed by atoms with Crippen molar-refractivity contribution in [3.63, 3.8) is 0 Å². The third kappa shape index (κ3) is 6.39. The molecule has 5 aliphatic carbocycles. The fourth-order valence-electron chi connectivity index (χ4n) is 18.4. The van der Waals surface area contributed by atoms with Crippen LogP contribution in [-0.4, -0.2) is 0 Å². The minimum Gasteiger partial charge on any atom is -0.456 e. The van der Waals surface area contributed by atoms with E-state index in [4.69, 9.17) is 8.83 Å². The first kappa shape index (κ1) is 51.2. The summed E-state index contributed by atoms with van der Waals surface area (Å²) in [7, 11) is 0. The van der Waals surface area contributed by atoms with E-state index in [1.807, 2.05) is 0 Å². The Bertz CT molecular complexity index is 5900. The average molecular weight is 1180 g/mol. The van der Waals surface area contributed by atoms with E-state index in [2.05, 4.69) is 317 Å². The van der Waals surface area contributed by atoms with E-state index < -0.39 is 10.8 Å². The lowest BCUT2D eigenvalue weighted by molar-refractivity contribution is 0.657. The Morgan fingerprint density at radius 2 is 0.720 bits per heavy atom. The highest BCUT2D eigenvalue weighted by molar-refractivity contribution is 6.20. The van der Waals surface area contributed by atoms with Crippen LogP contribution in [0.3, 0.4) is 0 Å². The van der Waals surface area contributed by atoms with E-state index in [-0.39, 0.29) is 5.41 Å². The summed E-state index contributed by atoms with van der Waals surface area (Å²) in [6.07, 6.45) is 0. The number of hydrogen-bond acceptors (Lipinski definition) is 3. The monoisotopic (exact) mass is 1180 g/mol. The van der Waals surface area contributed by atoms with Gasteiger partial charge < -0.3 is 13.7 Å². The number of benzene rings is 14. The van der Waals surface area contributed by atoms with Crippen molar-refractivity contribution in [2.45, 2.75) is 37.0 Å². The van der Waals surface area contributed by atoms with Crippen LogP contribution in [0.15, 0.2) is 300 Å². The highest BCUT2D eigenvalue weighted by Crippen LogP contribution is 2.70. The number of anilines is 3. The molecule has 93 heavy (non-hydrogen) atoms. The Labute approximate surface area is 538 Å². The summed E-state index contributed by atoms with van der Waals surface area (Å²) in [5.74, 6) is 0. The van der Waals surface area contributed by atoms with Crippen LogP contribution in [0.5, 0.6) is 0 Å². The molecule has 0 amide bonds. The molecule has 0 saturated carbocycles. The first-order valence-corrected chi connectivity index (χ1v) is 32.6. The summed E-state index contributed by atoms with van der Waals surface area (Å²) in [6.45, 7) is 7.05. The van der Waals surface area contributed by atoms with Crippen LogP contribution in [-0.2, 0) is 16.2 Å². The molecule has 3 nitrogen and oxygen atoms in total. The van der Waals surface area contributed by atoms with Crippen LogP contribution < -0.4 is 4.90 Å². The number of rotatable bonds is 5. The fourth-order valence-corrected chi connectivity index (χ4v) is 18.4. The highest BCUT2D eigenvalue weighted by Gasteiger charge is 2.57. The molecule has 0 bridgehead atoms. The van der Waals surface area contributed by atoms with Crippen LogP contribution in [0, 0.1) is 6.92 Å². The summed E-state index contributed by atoms with van der Waals surface area (Å²) in [6, 6.07) is 110. The van der Waals surface area contributed by atoms with Gasteiger partial charge in [0.05, 0.1) is 10.8 Å². The summed E-state index contributed by atoms with van der Waals surface area (Å²) in [5, 5.41) is 4.63. The third-order valence-corrected chi connectivity index (χ3v) is 22.2. The van der Waals surface area contributed by atoms with Gasteiger partial charge in [-0.25, -0.2) is 0 Å². The average Bonchev–Trinajstić information content (AvgIpc) is 1.49. The number of nitrogens with zero attached hydrogens (tertiary/aromatic N) is 1. The van der Waals surface area contributed by atoms with Gasteiger partial charge >= 0.3 is 0 Å². The maximum absolute atomic E-state index is 6.97. The number of hydrogen-bond donors (Lipinski definition) is 0. The Hall–Kier alpha value is -11.5. The van der Waals surface area contributed by atoms with Gasteiger partial charge in [-0.2, -0.15) is 0 Å². The quantitative estimate of drug-likeness (QED) is 0.172. The van der Waals surface area contributed by atoms with Gasteiger partial charge in [0.1, 0.15) is 22.3 Å². The van der Waals surface area contributed by atoms with Crippen molar-refractivity contribution >= 4 is 60.9 Å². The molecule has 3 heteroatoms. The van der Waals surface area contributed by atoms with Crippen LogP contribution in [0.4, 0.5) is 17.1 Å². The van der Waals surface area contributed by atoms with E-state index in [0.29, 0.717) is 0 Å². The number of aryl methyl sites for hydroxylation is 1. The zero-order chi connectivity index (χ0) is 61.2. The minimum absolute atomic E-state index is 0.376. The normalized spacial score (nSPS) is 14.7. The van der Waals surface area contributed by atoms with E-state index >= 15 is 0 Å². The van der Waals surface area contributed by atoms with Crippen LogP contribution in [0.1, 0.15) is 75.0 Å². The number of para-hydroxylation sites is 2. The fraction of sp³-hybridized carbons (Fsp3) is 0.0667. The zero-order valence-electron chi connectivity index (χ0n) is 51.5. The number of fused-ring (bicyclic) bond motifs is 31. The van der Waals surface area contributed by atoms with Crippen molar-refractivity contribution in [3.8, 4) is 77.9 Å². The largest absolute Gasteiger partial charge is 0.456 e. The van der Waals surface area contributed by atoms with E-state index in [0.717, 1.165) is 55.7 Å². The second kappa shape index (κ2) is 18.1. The molecule has 16 aromatic rings. The van der Waals surface area contributed by atoms with Crippen LogP contribution in [0.2, 0.25) is 0 Å². The second-order valence-corrected chi connectivity index (χ2v) is 26.9. The van der Waals surface area contributed by atoms with Crippen molar-refractivity contribution in [2.75, 3.05) is 4.90 Å². The molecule has 5 aliphatic rings. The molecule has 0 saturated heterocycles. The molecule has 2 spiro atoms. The van der Waals surface area contributed by atoms with Crippen molar-refractivity contribution in [1.82, 2.24) is 0 Å². The maximum Gasteiger partial charge on any atom is 0.143 e. The molecule has 0 fully saturated rings. The summed E-state index contributed by atoms with van der Waals surface area (Å²) < 4.78 is 13.8. The minimum atomic E-state index is -0.686. The Morgan fingerprint density at radius 3 is 1.37 bits per heavy atom. The lowest BCUT2D eigenvalue weighted by atomic mass is 9.68. The molecule has 0 atom stereocenters. The molecule has 0 unspecified atom stereocenters. The lowest BCUT2D eigenvalue weighted by Gasteiger charge is -2.33. The van der Waals surface area contributed by atoms with Gasteiger partial charge in [0.15, 0.2) is 0 Å². The van der Waals surface area contributed by atoms with Crippen molar-refractivity contribution in [1.29, 1.82) is 0 Å². The van der Waals surface area contributed by atoms with Crippen LogP contribution in [0.25, 0.3) is 122 Å². The van der Waals surface area contributed by atoms with Crippen molar-refractivity contribution in [3.05, 3.63) is 352 Å². The molecule has 2 aromatic heterocycles. The Balaban J connectivity index is 0.830. The summed E-state index contributed by atoms with van der Waals surface area (Å²) in [5.41, 5.74) is 36.9. The Morgan fingerprint density at radius 1 is 0.269 bits per heavy atom. The molecule has 0 aliphatic heterocycles. The second-order valence-electron chi connectivity index (χ2n) is 26.9. The molecule has 434 valence electrons. The van der Waals surface area contributed by atoms with E-state index in [1.165, 1.54) is 144 Å². The topological polar surface area (TPSA) is 29.5 Å². The predicted octanol–water partition coefficient (Wildman–Crippen LogP) is 23.6. The summed E-state index contributed by atoms with van der Waals surface area (Å²) >= 11 is 0. The smallest absolute Gasteiger partial charge is 0.143 e. The maximum atomic E-state index is 6.97. The van der Waals surface area contributed by atoms with Gasteiger partial charge in [-0.3, -0.25) is 0 Å². The van der Waals surface area contributed by atoms with Gasteiger partial charge in [-0.05, 0) is 213 Å². The molecule has 14 aromatic carbocycles. The zero-order valence-corrected chi connectivity index (χ0v) is 51.5. The van der Waals surface area contributed by atoms with Crippen molar-refractivity contribution < 1.29 is 8.83 Å². The van der Waals surface area contributed by atoms with E-state index in [1.54, 1.807) is 0 Å². The molecular formula is C90H57NO2. The van der Waals surface area contributed by atoms with E-state index in [9.17, 15) is 0 Å². The first-order chi connectivity index (χ1) is 45.8. The molecule has 21 rings (SSSR count). The summed E-state index contributed by atoms with van der Waals surface area (Å²) in [4.78, 5) is 2.53. The van der Waals surface area contributed by atoms with Gasteiger partial charge in [0.25, 0.3) is 0 Å². The van der Waals surface area contributed by atoms with Gasteiger partial charge in [-0.15, -0.1) is 0 Å². The highest BCUT2D eigenvalue weighted by atomic mass is 16.3. The SMILES string of the molecule is Cc1ccccc1-c1cc2c(c3c1oc1ccccc13)-c1ccc(N(c3ccc(-c4ccccc4)cc3)c3ccc4c(c3)C3(c5ccccc5-c5ccccc53)c3cc5c(cc3-4)C3(c4ccccc4-c4ccccc43)c3ccc4oc6ccccc6c4c3-5)cc1C2(C)C. The van der Waals surface area contributed by atoms with Gasteiger partial charge in [0.2, 0.25) is 0 Å². The molecule has 0 N–H and O–H groups in total. The number of furan rings is 2. The van der Waals surface area contributed by atoms with Crippen LogP contribution >= 0.6 is 0 Å². The predicted molar refractivity (Wildman–Crippen MR) is 381 cm³/mol. The first-order valence-electron chi connectivity index (χ1n) is 32.6. The Kier molecular flexibility index (Phi) is 9.99. The third-order valence-electron chi connectivity index (χ3n) is 22.2. The van der Waals surface area contributed by atoms with Crippen molar-refractivity contribution in [2.24, 2.45) is 0 Å². The lowest BCUT2D eigenvalue weighted by Crippen LogP contribution is -2.27. The molecular weight excluding hydrogens is 1130 g/mol. The molecule has 2 heterocycles.